The van der Waals surface area contributed by atoms with Gasteiger partial charge in [-0.1, -0.05) is 0 Å². The fourth-order valence-corrected chi connectivity index (χ4v) is 3.39. The van der Waals surface area contributed by atoms with Crippen molar-refractivity contribution in [3.63, 3.8) is 0 Å². The minimum atomic E-state index is 0.00819. The van der Waals surface area contributed by atoms with E-state index in [4.69, 9.17) is 14.2 Å². The molecule has 29 heavy (non-hydrogen) atoms. The standard InChI is InChI=1S/C20H39N5O4/c1-23(2)19(26)17-22-20(21-7-10-24-11-15-28-16-12-24)25-8-5-18(6-9-25)29-14-4-13-27-3/h18H,4-17H2,1-3H3,(H,21,22). The molecule has 0 bridgehead atoms. The number of methoxy groups -OCH3 is 1. The van der Waals surface area contributed by atoms with E-state index >= 15 is 0 Å². The first-order valence-corrected chi connectivity index (χ1v) is 10.7. The van der Waals surface area contributed by atoms with E-state index in [1.165, 1.54) is 0 Å². The van der Waals surface area contributed by atoms with Crippen molar-refractivity contribution in [2.45, 2.75) is 25.4 Å². The smallest absolute Gasteiger partial charge is 0.243 e. The monoisotopic (exact) mass is 413 g/mol. The van der Waals surface area contributed by atoms with E-state index in [0.29, 0.717) is 6.10 Å². The Hall–Kier alpha value is -1.42. The van der Waals surface area contributed by atoms with Gasteiger partial charge in [0.25, 0.3) is 0 Å². The summed E-state index contributed by atoms with van der Waals surface area (Å²) in [6, 6.07) is 0. The van der Waals surface area contributed by atoms with E-state index in [2.05, 4.69) is 20.1 Å². The summed E-state index contributed by atoms with van der Waals surface area (Å²) in [7, 11) is 5.23. The van der Waals surface area contributed by atoms with Gasteiger partial charge >= 0.3 is 0 Å². The average molecular weight is 414 g/mol. The number of carbonyl (C=O) groups excluding carboxylic acids is 1. The van der Waals surface area contributed by atoms with Crippen LogP contribution in [0.1, 0.15) is 19.3 Å². The van der Waals surface area contributed by atoms with Crippen molar-refractivity contribution in [1.82, 2.24) is 20.0 Å². The molecule has 2 aliphatic rings. The summed E-state index contributed by atoms with van der Waals surface area (Å²) >= 11 is 0. The molecule has 1 N–H and O–H groups in total. The number of nitrogens with zero attached hydrogens (tertiary/aromatic N) is 4. The van der Waals surface area contributed by atoms with Crippen LogP contribution >= 0.6 is 0 Å². The number of carbonyl (C=O) groups is 1. The highest BCUT2D eigenvalue weighted by Gasteiger charge is 2.22. The number of morpholine rings is 1. The van der Waals surface area contributed by atoms with Gasteiger partial charge in [0.1, 0.15) is 6.54 Å². The highest BCUT2D eigenvalue weighted by atomic mass is 16.5. The Morgan fingerprint density at radius 3 is 2.55 bits per heavy atom. The van der Waals surface area contributed by atoms with Crippen molar-refractivity contribution < 1.29 is 19.0 Å². The van der Waals surface area contributed by atoms with Gasteiger partial charge in [-0.25, -0.2) is 4.99 Å². The SMILES string of the molecule is COCCCOC1CCN(C(=NCC(=O)N(C)C)NCCN2CCOCC2)CC1. The molecule has 168 valence electrons. The Labute approximate surface area is 175 Å². The molecule has 0 aromatic carbocycles. The van der Waals surface area contributed by atoms with E-state index in [1.54, 1.807) is 26.1 Å². The maximum atomic E-state index is 12.0. The van der Waals surface area contributed by atoms with Crippen molar-refractivity contribution >= 4 is 11.9 Å². The van der Waals surface area contributed by atoms with Gasteiger partial charge in [-0.3, -0.25) is 9.69 Å². The molecule has 9 nitrogen and oxygen atoms in total. The minimum Gasteiger partial charge on any atom is -0.385 e. The summed E-state index contributed by atoms with van der Waals surface area (Å²) in [6.07, 6.45) is 3.16. The second-order valence-electron chi connectivity index (χ2n) is 7.71. The van der Waals surface area contributed by atoms with E-state index in [9.17, 15) is 4.79 Å². The minimum absolute atomic E-state index is 0.00819. The number of amides is 1. The molecule has 2 rings (SSSR count). The third-order valence-electron chi connectivity index (χ3n) is 5.27. The second-order valence-corrected chi connectivity index (χ2v) is 7.71. The van der Waals surface area contributed by atoms with Gasteiger partial charge in [-0.2, -0.15) is 0 Å². The van der Waals surface area contributed by atoms with Crippen molar-refractivity contribution in [2.24, 2.45) is 4.99 Å². The van der Waals surface area contributed by atoms with Crippen LogP contribution < -0.4 is 5.32 Å². The number of rotatable bonds is 10. The number of ether oxygens (including phenoxy) is 3. The summed E-state index contributed by atoms with van der Waals surface area (Å²) in [5.74, 6) is 0.833. The molecule has 0 saturated carbocycles. The molecule has 0 aromatic heterocycles. The number of nitrogens with one attached hydrogen (secondary N) is 1. The lowest BCUT2D eigenvalue weighted by molar-refractivity contribution is -0.127. The second kappa shape index (κ2) is 13.7. The van der Waals surface area contributed by atoms with Crippen LogP contribution in [0.4, 0.5) is 0 Å². The Balaban J connectivity index is 1.80. The van der Waals surface area contributed by atoms with Crippen LogP contribution in [-0.2, 0) is 19.0 Å². The summed E-state index contributed by atoms with van der Waals surface area (Å²) in [4.78, 5) is 22.8. The molecule has 2 heterocycles. The molecule has 1 amide bonds. The maximum Gasteiger partial charge on any atom is 0.243 e. The maximum absolute atomic E-state index is 12.0. The molecule has 2 fully saturated rings. The van der Waals surface area contributed by atoms with Crippen LogP contribution in [0.5, 0.6) is 0 Å². The molecule has 0 aromatic rings. The Kier molecular flexibility index (Phi) is 11.3. The fraction of sp³-hybridized carbons (Fsp3) is 0.900. The van der Waals surface area contributed by atoms with Gasteiger partial charge in [0.05, 0.1) is 19.3 Å². The van der Waals surface area contributed by atoms with Crippen molar-refractivity contribution in [3.8, 4) is 0 Å². The molecular formula is C20H39N5O4. The number of piperidine rings is 1. The van der Waals surface area contributed by atoms with Crippen LogP contribution in [0.25, 0.3) is 0 Å². The third-order valence-corrected chi connectivity index (χ3v) is 5.27. The Morgan fingerprint density at radius 2 is 1.90 bits per heavy atom. The lowest BCUT2D eigenvalue weighted by Crippen LogP contribution is -2.49. The first kappa shape index (κ1) is 23.9. The fourth-order valence-electron chi connectivity index (χ4n) is 3.39. The lowest BCUT2D eigenvalue weighted by Gasteiger charge is -2.35. The summed E-state index contributed by atoms with van der Waals surface area (Å²) in [5, 5.41) is 3.47. The Morgan fingerprint density at radius 1 is 1.17 bits per heavy atom. The van der Waals surface area contributed by atoms with Crippen LogP contribution in [-0.4, -0.2) is 126 Å². The number of guanidine groups is 1. The number of likely N-dealkylation sites (N-methyl/N-ethyl adjacent to an activating group) is 1. The zero-order chi connectivity index (χ0) is 20.9. The van der Waals surface area contributed by atoms with Crippen LogP contribution in [0.15, 0.2) is 4.99 Å². The van der Waals surface area contributed by atoms with Gasteiger partial charge in [0.2, 0.25) is 5.91 Å². The van der Waals surface area contributed by atoms with Crippen LogP contribution in [0.2, 0.25) is 0 Å². The van der Waals surface area contributed by atoms with Crippen molar-refractivity contribution in [1.29, 1.82) is 0 Å². The molecule has 0 spiro atoms. The molecule has 2 aliphatic heterocycles. The predicted molar refractivity (Wildman–Crippen MR) is 113 cm³/mol. The summed E-state index contributed by atoms with van der Waals surface area (Å²) in [6.45, 7) is 8.72. The van der Waals surface area contributed by atoms with Gasteiger partial charge in [0, 0.05) is 73.7 Å². The zero-order valence-corrected chi connectivity index (χ0v) is 18.4. The first-order valence-electron chi connectivity index (χ1n) is 10.7. The van der Waals surface area contributed by atoms with Gasteiger partial charge in [-0.15, -0.1) is 0 Å². The quantitative estimate of drug-likeness (QED) is 0.304. The number of aliphatic imine (C=N–C) groups is 1. The van der Waals surface area contributed by atoms with Crippen LogP contribution in [0, 0.1) is 0 Å². The molecule has 0 atom stereocenters. The van der Waals surface area contributed by atoms with E-state index in [1.807, 2.05) is 0 Å². The van der Waals surface area contributed by atoms with Crippen LogP contribution in [0.3, 0.4) is 0 Å². The highest BCUT2D eigenvalue weighted by molar-refractivity contribution is 5.84. The molecule has 0 aliphatic carbocycles. The third kappa shape index (κ3) is 9.29. The normalized spacial score (nSPS) is 19.4. The Bertz CT molecular complexity index is 489. The lowest BCUT2D eigenvalue weighted by atomic mass is 10.1. The van der Waals surface area contributed by atoms with E-state index in [0.717, 1.165) is 90.9 Å². The molecule has 2 saturated heterocycles. The average Bonchev–Trinajstić information content (AvgIpc) is 2.74. The van der Waals surface area contributed by atoms with Gasteiger partial charge in [0.15, 0.2) is 5.96 Å². The topological polar surface area (TPSA) is 78.9 Å². The molecule has 0 unspecified atom stereocenters. The molecular weight excluding hydrogens is 374 g/mol. The number of likely N-dealkylation sites (tertiary alicyclic amines) is 1. The van der Waals surface area contributed by atoms with Crippen molar-refractivity contribution in [2.75, 3.05) is 93.4 Å². The summed E-state index contributed by atoms with van der Waals surface area (Å²) < 4.78 is 16.4. The van der Waals surface area contributed by atoms with Gasteiger partial charge < -0.3 is 29.3 Å². The number of hydrogen-bond donors (Lipinski definition) is 1. The van der Waals surface area contributed by atoms with Crippen molar-refractivity contribution in [3.05, 3.63) is 0 Å². The first-order chi connectivity index (χ1) is 14.1. The van der Waals surface area contributed by atoms with Gasteiger partial charge in [-0.05, 0) is 19.3 Å². The largest absolute Gasteiger partial charge is 0.385 e. The van der Waals surface area contributed by atoms with E-state index < -0.39 is 0 Å². The molecule has 9 heteroatoms. The zero-order valence-electron chi connectivity index (χ0n) is 18.4. The summed E-state index contributed by atoms with van der Waals surface area (Å²) in [5.41, 5.74) is 0. The van der Waals surface area contributed by atoms with E-state index in [-0.39, 0.29) is 12.5 Å². The highest BCUT2D eigenvalue weighted by Crippen LogP contribution is 2.14. The number of hydrogen-bond acceptors (Lipinski definition) is 6. The predicted octanol–water partition coefficient (Wildman–Crippen LogP) is -0.130. The molecule has 0 radical (unpaired) electrons.